The molecule has 1 N–H and O–H groups in total. The zero-order valence-corrected chi connectivity index (χ0v) is 14.1. The molecule has 4 rings (SSSR count). The monoisotopic (exact) mass is 331 g/mol. The molecule has 1 saturated heterocycles. The second kappa shape index (κ2) is 5.93. The summed E-state index contributed by atoms with van der Waals surface area (Å²) in [5.41, 5.74) is 3.79. The molecule has 0 saturated carbocycles. The summed E-state index contributed by atoms with van der Waals surface area (Å²) in [6, 6.07) is 6.75. The highest BCUT2D eigenvalue weighted by Crippen LogP contribution is 2.44. The van der Waals surface area contributed by atoms with E-state index in [1.54, 1.807) is 0 Å². The van der Waals surface area contributed by atoms with Gasteiger partial charge in [-0.25, -0.2) is 0 Å². The van der Waals surface area contributed by atoms with Crippen LogP contribution in [0.25, 0.3) is 0 Å². The Bertz CT molecular complexity index is 688. The molecule has 122 valence electrons. The topological polar surface area (TPSA) is 41.2 Å². The van der Waals surface area contributed by atoms with Gasteiger partial charge in [0.2, 0.25) is 0 Å². The number of likely N-dealkylation sites (tertiary alicyclic amines) is 1. The van der Waals surface area contributed by atoms with Crippen LogP contribution in [0, 0.1) is 0 Å². The Balaban J connectivity index is 1.57. The van der Waals surface area contributed by atoms with Crippen LogP contribution in [0.5, 0.6) is 0 Å². The average Bonchev–Trinajstić information content (AvgIpc) is 3.04. The molecule has 1 aromatic carbocycles. The quantitative estimate of drug-likeness (QED) is 0.915. The highest BCUT2D eigenvalue weighted by Gasteiger charge is 2.43. The number of aromatic nitrogens is 2. The molecule has 2 aliphatic rings. The number of nitrogens with one attached hydrogen (secondary N) is 1. The molecule has 0 amide bonds. The van der Waals surface area contributed by atoms with Crippen LogP contribution in [0.4, 0.5) is 0 Å². The third-order valence-electron chi connectivity index (χ3n) is 5.30. The molecule has 2 atom stereocenters. The van der Waals surface area contributed by atoms with Gasteiger partial charge in [0.1, 0.15) is 0 Å². The third-order valence-corrected chi connectivity index (χ3v) is 5.54. The maximum atomic E-state index is 6.34. The maximum absolute atomic E-state index is 6.34. The number of ether oxygens (including phenoxy) is 1. The first-order valence-corrected chi connectivity index (χ1v) is 8.69. The fraction of sp³-hybridized carbons (Fsp3) is 0.500. The number of hydrogen-bond donors (Lipinski definition) is 1. The maximum Gasteiger partial charge on any atom is 0.0961 e. The summed E-state index contributed by atoms with van der Waals surface area (Å²) in [6.07, 6.45) is 6.90. The van der Waals surface area contributed by atoms with Gasteiger partial charge >= 0.3 is 0 Å². The molecule has 5 heteroatoms. The van der Waals surface area contributed by atoms with Gasteiger partial charge in [0.25, 0.3) is 0 Å². The fourth-order valence-electron chi connectivity index (χ4n) is 4.09. The first-order chi connectivity index (χ1) is 11.2. The Hall–Kier alpha value is -1.36. The van der Waals surface area contributed by atoms with Crippen molar-refractivity contribution in [2.24, 2.45) is 0 Å². The van der Waals surface area contributed by atoms with Gasteiger partial charge in [0, 0.05) is 35.9 Å². The summed E-state index contributed by atoms with van der Waals surface area (Å²) in [4.78, 5) is 2.51. The molecular weight excluding hydrogens is 310 g/mol. The van der Waals surface area contributed by atoms with Crippen LogP contribution in [-0.4, -0.2) is 34.3 Å². The second-order valence-electron chi connectivity index (χ2n) is 6.77. The lowest BCUT2D eigenvalue weighted by molar-refractivity contribution is -0.113. The van der Waals surface area contributed by atoms with Crippen LogP contribution >= 0.6 is 11.6 Å². The van der Waals surface area contributed by atoms with E-state index in [0.29, 0.717) is 6.04 Å². The molecule has 23 heavy (non-hydrogen) atoms. The van der Waals surface area contributed by atoms with E-state index in [9.17, 15) is 0 Å². The summed E-state index contributed by atoms with van der Waals surface area (Å²) in [5, 5.41) is 7.75. The van der Waals surface area contributed by atoms with Crippen molar-refractivity contribution < 1.29 is 4.74 Å². The summed E-state index contributed by atoms with van der Waals surface area (Å²) < 4.78 is 6.34. The lowest BCUT2D eigenvalue weighted by atomic mass is 9.77. The van der Waals surface area contributed by atoms with E-state index in [1.165, 1.54) is 16.7 Å². The van der Waals surface area contributed by atoms with Crippen LogP contribution in [0.1, 0.15) is 36.5 Å². The van der Waals surface area contributed by atoms with E-state index in [0.717, 1.165) is 44.0 Å². The smallest absolute Gasteiger partial charge is 0.0961 e. The summed E-state index contributed by atoms with van der Waals surface area (Å²) >= 11 is 6.26. The molecule has 0 bridgehead atoms. The average molecular weight is 332 g/mol. The van der Waals surface area contributed by atoms with Gasteiger partial charge in [0.15, 0.2) is 0 Å². The van der Waals surface area contributed by atoms with Crippen molar-refractivity contribution in [3.8, 4) is 0 Å². The zero-order valence-electron chi connectivity index (χ0n) is 13.4. The van der Waals surface area contributed by atoms with Crippen molar-refractivity contribution in [2.45, 2.75) is 44.4 Å². The molecule has 2 aromatic rings. The van der Waals surface area contributed by atoms with E-state index >= 15 is 0 Å². The van der Waals surface area contributed by atoms with Crippen LogP contribution in [0.15, 0.2) is 30.6 Å². The van der Waals surface area contributed by atoms with Crippen molar-refractivity contribution in [1.29, 1.82) is 0 Å². The lowest BCUT2D eigenvalue weighted by Gasteiger charge is -2.48. The highest BCUT2D eigenvalue weighted by molar-refractivity contribution is 6.30. The molecule has 2 aliphatic heterocycles. The second-order valence-corrected chi connectivity index (χ2v) is 7.21. The Kier molecular flexibility index (Phi) is 3.92. The Labute approximate surface area is 141 Å². The zero-order chi connectivity index (χ0) is 15.9. The van der Waals surface area contributed by atoms with E-state index in [2.05, 4.69) is 34.2 Å². The molecule has 1 spiro atoms. The molecular formula is C18H22ClN3O. The first kappa shape index (κ1) is 15.2. The Morgan fingerprint density at radius 2 is 2.39 bits per heavy atom. The Morgan fingerprint density at radius 3 is 3.17 bits per heavy atom. The van der Waals surface area contributed by atoms with Crippen molar-refractivity contribution in [3.63, 3.8) is 0 Å². The van der Waals surface area contributed by atoms with Gasteiger partial charge < -0.3 is 4.74 Å². The number of benzene rings is 1. The molecule has 1 aromatic heterocycles. The Morgan fingerprint density at radius 1 is 1.48 bits per heavy atom. The number of fused-ring (bicyclic) bond motifs is 2. The van der Waals surface area contributed by atoms with Crippen LogP contribution in [0.3, 0.4) is 0 Å². The summed E-state index contributed by atoms with van der Waals surface area (Å²) in [6.45, 7) is 5.07. The largest absolute Gasteiger partial charge is 0.370 e. The summed E-state index contributed by atoms with van der Waals surface area (Å²) in [5.74, 6) is 0. The molecule has 3 heterocycles. The third kappa shape index (κ3) is 2.80. The predicted octanol–water partition coefficient (Wildman–Crippen LogP) is 3.52. The van der Waals surface area contributed by atoms with Gasteiger partial charge in [-0.15, -0.1) is 0 Å². The van der Waals surface area contributed by atoms with Crippen molar-refractivity contribution >= 4 is 11.6 Å². The number of rotatable bonds is 2. The standard InChI is InChI=1S/C18H22ClN3O/c1-13-9-18(5-6-22(13)12-14-10-20-21-11-14)17-8-16(19)3-2-15(17)4-7-23-18/h2-3,8,10-11,13H,4-7,9,12H2,1H3,(H,20,21)/t13-,18+/m0/s1. The van der Waals surface area contributed by atoms with E-state index < -0.39 is 0 Å². The van der Waals surface area contributed by atoms with Crippen LogP contribution in [-0.2, 0) is 23.3 Å². The number of nitrogens with zero attached hydrogens (tertiary/aromatic N) is 2. The lowest BCUT2D eigenvalue weighted by Crippen LogP contribution is -2.50. The van der Waals surface area contributed by atoms with Crippen LogP contribution < -0.4 is 0 Å². The molecule has 0 radical (unpaired) electrons. The number of halogens is 1. The van der Waals surface area contributed by atoms with Gasteiger partial charge in [-0.2, -0.15) is 5.10 Å². The van der Waals surface area contributed by atoms with Gasteiger partial charge in [-0.1, -0.05) is 17.7 Å². The molecule has 0 unspecified atom stereocenters. The fourth-order valence-corrected chi connectivity index (χ4v) is 4.26. The number of H-pyrrole nitrogens is 1. The number of hydrogen-bond acceptors (Lipinski definition) is 3. The summed E-state index contributed by atoms with van der Waals surface area (Å²) in [7, 11) is 0. The SMILES string of the molecule is C[C@H]1C[C@@]2(CCN1Cc1cn[nH]c1)OCCc1ccc(Cl)cc12. The van der Waals surface area contributed by atoms with E-state index in [4.69, 9.17) is 16.3 Å². The van der Waals surface area contributed by atoms with E-state index in [-0.39, 0.29) is 5.60 Å². The van der Waals surface area contributed by atoms with Crippen molar-refractivity contribution in [3.05, 3.63) is 52.3 Å². The molecule has 4 nitrogen and oxygen atoms in total. The van der Waals surface area contributed by atoms with Gasteiger partial charge in [-0.05, 0) is 49.4 Å². The minimum atomic E-state index is -0.162. The van der Waals surface area contributed by atoms with Gasteiger partial charge in [-0.3, -0.25) is 10.00 Å². The number of piperidine rings is 1. The van der Waals surface area contributed by atoms with Gasteiger partial charge in [0.05, 0.1) is 18.4 Å². The normalized spacial score (nSPS) is 28.0. The minimum Gasteiger partial charge on any atom is -0.370 e. The number of aromatic amines is 1. The predicted molar refractivity (Wildman–Crippen MR) is 90.5 cm³/mol. The molecule has 1 fully saturated rings. The van der Waals surface area contributed by atoms with Crippen LogP contribution in [0.2, 0.25) is 5.02 Å². The highest BCUT2D eigenvalue weighted by atomic mass is 35.5. The van der Waals surface area contributed by atoms with Crippen molar-refractivity contribution in [1.82, 2.24) is 15.1 Å². The first-order valence-electron chi connectivity index (χ1n) is 8.31. The van der Waals surface area contributed by atoms with Crippen molar-refractivity contribution in [2.75, 3.05) is 13.2 Å². The van der Waals surface area contributed by atoms with E-state index in [1.807, 2.05) is 18.5 Å². The molecule has 0 aliphatic carbocycles. The minimum absolute atomic E-state index is 0.162.